The molecule has 0 aliphatic carbocycles. The van der Waals surface area contributed by atoms with Crippen molar-refractivity contribution in [2.45, 2.75) is 78.3 Å². The molecule has 174 valence electrons. The van der Waals surface area contributed by atoms with Crippen LogP contribution in [0.15, 0.2) is 36.4 Å². The van der Waals surface area contributed by atoms with Crippen molar-refractivity contribution in [2.24, 2.45) is 0 Å². The third-order valence-electron chi connectivity index (χ3n) is 6.12. The van der Waals surface area contributed by atoms with Gasteiger partial charge in [-0.3, -0.25) is 14.3 Å². The summed E-state index contributed by atoms with van der Waals surface area (Å²) in [5, 5.41) is 4.74. The number of rotatable bonds is 6. The van der Waals surface area contributed by atoms with Gasteiger partial charge in [0.15, 0.2) is 5.69 Å². The van der Waals surface area contributed by atoms with Crippen LogP contribution in [0.4, 0.5) is 0 Å². The molecule has 0 atom stereocenters. The summed E-state index contributed by atoms with van der Waals surface area (Å²) in [7, 11) is 0. The summed E-state index contributed by atoms with van der Waals surface area (Å²) >= 11 is 0. The Morgan fingerprint density at radius 2 is 1.75 bits per heavy atom. The van der Waals surface area contributed by atoms with Crippen LogP contribution >= 0.6 is 0 Å². The quantitative estimate of drug-likeness (QED) is 0.643. The van der Waals surface area contributed by atoms with Gasteiger partial charge in [-0.15, -0.1) is 0 Å². The summed E-state index contributed by atoms with van der Waals surface area (Å²) in [4.78, 5) is 30.2. The first-order valence-corrected chi connectivity index (χ1v) is 11.9. The normalized spacial score (nSPS) is 15.3. The highest BCUT2D eigenvalue weighted by atomic mass is 16.2. The number of hydrogen-bond acceptors (Lipinski definition) is 3. The van der Waals surface area contributed by atoms with E-state index in [0.717, 1.165) is 30.5 Å². The molecule has 3 rings (SSSR count). The van der Waals surface area contributed by atoms with E-state index in [1.165, 1.54) is 0 Å². The lowest BCUT2D eigenvalue weighted by Gasteiger charge is -2.38. The number of benzene rings is 1. The van der Waals surface area contributed by atoms with E-state index >= 15 is 0 Å². The highest BCUT2D eigenvalue weighted by Crippen LogP contribution is 2.26. The molecule has 1 aliphatic rings. The molecule has 0 unspecified atom stereocenters. The molecule has 0 saturated carbocycles. The zero-order valence-corrected chi connectivity index (χ0v) is 20.5. The third kappa shape index (κ3) is 5.22. The fraction of sp³-hybridized carbons (Fsp3) is 0.577. The molecule has 6 heteroatoms. The first kappa shape index (κ1) is 24.0. The molecular weight excluding hydrogens is 400 g/mol. The fourth-order valence-corrected chi connectivity index (χ4v) is 4.43. The molecule has 0 N–H and O–H groups in total. The lowest BCUT2D eigenvalue weighted by atomic mass is 10.0. The minimum Gasteiger partial charge on any atom is -0.338 e. The summed E-state index contributed by atoms with van der Waals surface area (Å²) < 4.78 is 2.00. The lowest BCUT2D eigenvalue weighted by Crippen LogP contribution is -2.49. The molecule has 2 aromatic rings. The van der Waals surface area contributed by atoms with E-state index in [4.69, 9.17) is 5.10 Å². The van der Waals surface area contributed by atoms with Crippen molar-refractivity contribution in [2.75, 3.05) is 19.6 Å². The van der Waals surface area contributed by atoms with Gasteiger partial charge in [-0.05, 0) is 64.2 Å². The van der Waals surface area contributed by atoms with Gasteiger partial charge in [-0.1, -0.05) is 39.0 Å². The van der Waals surface area contributed by atoms with Gasteiger partial charge in [-0.25, -0.2) is 0 Å². The molecule has 1 aliphatic heterocycles. The Morgan fingerprint density at radius 3 is 2.25 bits per heavy atom. The molecular formula is C26H38N4O2. The monoisotopic (exact) mass is 438 g/mol. The topological polar surface area (TPSA) is 58.4 Å². The van der Waals surface area contributed by atoms with Crippen LogP contribution in [-0.2, 0) is 5.54 Å². The van der Waals surface area contributed by atoms with Gasteiger partial charge < -0.3 is 9.80 Å². The van der Waals surface area contributed by atoms with Crippen LogP contribution in [0, 0.1) is 0 Å². The van der Waals surface area contributed by atoms with E-state index in [-0.39, 0.29) is 29.3 Å². The summed E-state index contributed by atoms with van der Waals surface area (Å²) in [6.07, 6.45) is 2.48. The maximum atomic E-state index is 13.6. The van der Waals surface area contributed by atoms with Crippen molar-refractivity contribution in [3.05, 3.63) is 53.3 Å². The van der Waals surface area contributed by atoms with E-state index in [1.807, 2.05) is 50.9 Å². The molecule has 0 bridgehead atoms. The van der Waals surface area contributed by atoms with Gasteiger partial charge >= 0.3 is 0 Å². The fourth-order valence-electron chi connectivity index (χ4n) is 4.43. The molecule has 32 heavy (non-hydrogen) atoms. The smallest absolute Gasteiger partial charge is 0.274 e. The van der Waals surface area contributed by atoms with Crippen LogP contribution in [0.2, 0.25) is 0 Å². The Bertz CT molecular complexity index is 919. The van der Waals surface area contributed by atoms with Crippen molar-refractivity contribution in [3.8, 4) is 0 Å². The molecule has 2 heterocycles. The summed E-state index contributed by atoms with van der Waals surface area (Å²) in [5.74, 6) is 0.364. The zero-order valence-electron chi connectivity index (χ0n) is 20.5. The number of nitrogens with zero attached hydrogens (tertiary/aromatic N) is 4. The average Bonchev–Trinajstić information content (AvgIpc) is 3.24. The Labute approximate surface area is 192 Å². The number of aromatic nitrogens is 2. The van der Waals surface area contributed by atoms with E-state index in [0.29, 0.717) is 25.3 Å². The first-order valence-electron chi connectivity index (χ1n) is 11.9. The van der Waals surface area contributed by atoms with Crippen molar-refractivity contribution in [1.82, 2.24) is 19.6 Å². The van der Waals surface area contributed by atoms with Gasteiger partial charge in [0.1, 0.15) is 0 Å². The van der Waals surface area contributed by atoms with Crippen LogP contribution in [0.25, 0.3) is 0 Å². The SMILES string of the molecule is CCCN(C(=O)c1cc(C(C)C)n(C(C)(C)C)n1)C1CCN(C(=O)c2ccccc2)CC1. The maximum Gasteiger partial charge on any atom is 0.274 e. The van der Waals surface area contributed by atoms with Gasteiger partial charge in [0.25, 0.3) is 11.8 Å². The Hall–Kier alpha value is -2.63. The summed E-state index contributed by atoms with van der Waals surface area (Å²) in [5.41, 5.74) is 2.15. The molecule has 6 nitrogen and oxygen atoms in total. The van der Waals surface area contributed by atoms with Crippen LogP contribution in [0.3, 0.4) is 0 Å². The zero-order chi connectivity index (χ0) is 23.5. The molecule has 1 fully saturated rings. The Morgan fingerprint density at radius 1 is 1.12 bits per heavy atom. The van der Waals surface area contributed by atoms with E-state index in [2.05, 4.69) is 41.5 Å². The second-order valence-electron chi connectivity index (χ2n) is 10.1. The van der Waals surface area contributed by atoms with Crippen LogP contribution in [-0.4, -0.2) is 57.1 Å². The standard InChI is InChI=1S/C26H38N4O2/c1-7-15-29(25(32)22-18-23(19(2)3)30(27-22)26(4,5)6)21-13-16-28(17-14-21)24(31)20-11-9-8-10-12-20/h8-12,18-19,21H,7,13-17H2,1-6H3. The number of carbonyl (C=O) groups excluding carboxylic acids is 2. The first-order chi connectivity index (χ1) is 15.1. The van der Waals surface area contributed by atoms with Gasteiger partial charge in [0, 0.05) is 36.9 Å². The largest absolute Gasteiger partial charge is 0.338 e. The van der Waals surface area contributed by atoms with Crippen molar-refractivity contribution >= 4 is 11.8 Å². The van der Waals surface area contributed by atoms with Crippen LogP contribution < -0.4 is 0 Å². The number of likely N-dealkylation sites (tertiary alicyclic amines) is 1. The van der Waals surface area contributed by atoms with E-state index in [9.17, 15) is 9.59 Å². The van der Waals surface area contributed by atoms with Gasteiger partial charge in [-0.2, -0.15) is 5.10 Å². The average molecular weight is 439 g/mol. The minimum absolute atomic E-state index is 0.00425. The second kappa shape index (κ2) is 9.88. The van der Waals surface area contributed by atoms with Crippen LogP contribution in [0.1, 0.15) is 93.3 Å². The van der Waals surface area contributed by atoms with Crippen molar-refractivity contribution in [3.63, 3.8) is 0 Å². The molecule has 1 aromatic heterocycles. The highest BCUT2D eigenvalue weighted by Gasteiger charge is 2.32. The number of amides is 2. The molecule has 1 saturated heterocycles. The van der Waals surface area contributed by atoms with Crippen molar-refractivity contribution in [1.29, 1.82) is 0 Å². The van der Waals surface area contributed by atoms with Gasteiger partial charge in [0.05, 0.1) is 5.54 Å². The highest BCUT2D eigenvalue weighted by molar-refractivity contribution is 5.94. The number of carbonyl (C=O) groups is 2. The van der Waals surface area contributed by atoms with Gasteiger partial charge in [0.2, 0.25) is 0 Å². The maximum absolute atomic E-state index is 13.6. The minimum atomic E-state index is -0.184. The molecule has 0 radical (unpaired) electrons. The predicted octanol–water partition coefficient (Wildman–Crippen LogP) is 4.92. The van der Waals surface area contributed by atoms with Crippen molar-refractivity contribution < 1.29 is 9.59 Å². The third-order valence-corrected chi connectivity index (χ3v) is 6.12. The Balaban J connectivity index is 1.75. The molecule has 2 amide bonds. The molecule has 0 spiro atoms. The number of hydrogen-bond donors (Lipinski definition) is 0. The van der Waals surface area contributed by atoms with E-state index in [1.54, 1.807) is 0 Å². The summed E-state index contributed by atoms with van der Waals surface area (Å²) in [6, 6.07) is 11.5. The van der Waals surface area contributed by atoms with Crippen LogP contribution in [0.5, 0.6) is 0 Å². The lowest BCUT2D eigenvalue weighted by molar-refractivity contribution is 0.0514. The summed E-state index contributed by atoms with van der Waals surface area (Å²) in [6.45, 7) is 14.8. The Kier molecular flexibility index (Phi) is 7.42. The van der Waals surface area contributed by atoms with E-state index < -0.39 is 0 Å². The predicted molar refractivity (Wildman–Crippen MR) is 128 cm³/mol. The molecule has 1 aromatic carbocycles. The number of piperidine rings is 1. The second-order valence-corrected chi connectivity index (χ2v) is 10.1.